The van der Waals surface area contributed by atoms with Crippen LogP contribution < -0.4 is 10.1 Å². The Kier molecular flexibility index (Phi) is 5.02. The van der Waals surface area contributed by atoms with Crippen molar-refractivity contribution in [3.05, 3.63) is 29.8 Å². The molecular weight excluding hydrogens is 226 g/mol. The summed E-state index contributed by atoms with van der Waals surface area (Å²) in [7, 11) is 1.69. The highest BCUT2D eigenvalue weighted by Crippen LogP contribution is 2.28. The van der Waals surface area contributed by atoms with E-state index in [-0.39, 0.29) is 0 Å². The summed E-state index contributed by atoms with van der Waals surface area (Å²) < 4.78 is 10.7. The molecule has 3 nitrogen and oxygen atoms in total. The fourth-order valence-corrected chi connectivity index (χ4v) is 1.89. The quantitative estimate of drug-likeness (QED) is 0.719. The first kappa shape index (κ1) is 13.4. The van der Waals surface area contributed by atoms with Gasteiger partial charge < -0.3 is 14.8 Å². The Morgan fingerprint density at radius 1 is 1.28 bits per heavy atom. The van der Waals surface area contributed by atoms with Crippen LogP contribution in [0.2, 0.25) is 0 Å². The van der Waals surface area contributed by atoms with Crippen molar-refractivity contribution in [3.8, 4) is 5.75 Å². The number of benzene rings is 1. The minimum Gasteiger partial charge on any atom is -0.497 e. The fourth-order valence-electron chi connectivity index (χ4n) is 1.89. The zero-order valence-electron chi connectivity index (χ0n) is 11.3. The first-order valence-corrected chi connectivity index (χ1v) is 6.74. The molecule has 2 rings (SSSR count). The standard InChI is InChI=1S/C15H23NO2/c1-12(14-5-7-15(17-2)8-6-14)16-9-10-18-11-13-3-4-13/h5-8,12-13,16H,3-4,9-11H2,1-2H3. The third-order valence-corrected chi connectivity index (χ3v) is 3.36. The van der Waals surface area contributed by atoms with Gasteiger partial charge in [-0.05, 0) is 43.4 Å². The summed E-state index contributed by atoms with van der Waals surface area (Å²) in [6.07, 6.45) is 2.71. The predicted molar refractivity (Wildman–Crippen MR) is 73.0 cm³/mol. The summed E-state index contributed by atoms with van der Waals surface area (Å²) in [5.41, 5.74) is 1.28. The third kappa shape index (κ3) is 4.31. The first-order chi connectivity index (χ1) is 8.79. The summed E-state index contributed by atoms with van der Waals surface area (Å²) in [6.45, 7) is 4.82. The maximum atomic E-state index is 5.60. The van der Waals surface area contributed by atoms with E-state index in [1.807, 2.05) is 12.1 Å². The van der Waals surface area contributed by atoms with Crippen molar-refractivity contribution < 1.29 is 9.47 Å². The van der Waals surface area contributed by atoms with Crippen LogP contribution in [0.3, 0.4) is 0 Å². The lowest BCUT2D eigenvalue weighted by Gasteiger charge is -2.14. The second-order valence-electron chi connectivity index (χ2n) is 4.97. The minimum absolute atomic E-state index is 0.348. The number of ether oxygens (including phenoxy) is 2. The third-order valence-electron chi connectivity index (χ3n) is 3.36. The summed E-state index contributed by atoms with van der Waals surface area (Å²) in [6, 6.07) is 8.54. The summed E-state index contributed by atoms with van der Waals surface area (Å²) >= 11 is 0. The van der Waals surface area contributed by atoms with Crippen molar-refractivity contribution in [2.45, 2.75) is 25.8 Å². The van der Waals surface area contributed by atoms with Crippen molar-refractivity contribution >= 4 is 0 Å². The molecule has 1 unspecified atom stereocenters. The van der Waals surface area contributed by atoms with Gasteiger partial charge in [-0.15, -0.1) is 0 Å². The van der Waals surface area contributed by atoms with Gasteiger partial charge in [-0.3, -0.25) is 0 Å². The van der Waals surface area contributed by atoms with Crippen LogP contribution in [0, 0.1) is 5.92 Å². The summed E-state index contributed by atoms with van der Waals surface area (Å²) in [4.78, 5) is 0. The number of rotatable bonds is 8. The second kappa shape index (κ2) is 6.76. The van der Waals surface area contributed by atoms with Crippen LogP contribution in [0.25, 0.3) is 0 Å². The van der Waals surface area contributed by atoms with Gasteiger partial charge in [0.15, 0.2) is 0 Å². The molecule has 100 valence electrons. The van der Waals surface area contributed by atoms with Crippen molar-refractivity contribution in [2.75, 3.05) is 26.9 Å². The zero-order chi connectivity index (χ0) is 12.8. The van der Waals surface area contributed by atoms with Crippen LogP contribution in [-0.2, 0) is 4.74 Å². The molecule has 1 fully saturated rings. The normalized spacial score (nSPS) is 16.6. The highest BCUT2D eigenvalue weighted by atomic mass is 16.5. The van der Waals surface area contributed by atoms with Gasteiger partial charge in [0.25, 0.3) is 0 Å². The zero-order valence-corrected chi connectivity index (χ0v) is 11.3. The Bertz CT molecular complexity index is 346. The molecule has 0 bridgehead atoms. The lowest BCUT2D eigenvalue weighted by Crippen LogP contribution is -2.23. The van der Waals surface area contributed by atoms with E-state index in [9.17, 15) is 0 Å². The van der Waals surface area contributed by atoms with Crippen molar-refractivity contribution in [3.63, 3.8) is 0 Å². The summed E-state index contributed by atoms with van der Waals surface area (Å²) in [5.74, 6) is 1.75. The van der Waals surface area contributed by atoms with Crippen LogP contribution in [0.15, 0.2) is 24.3 Å². The van der Waals surface area contributed by atoms with E-state index < -0.39 is 0 Å². The number of hydrogen-bond donors (Lipinski definition) is 1. The smallest absolute Gasteiger partial charge is 0.118 e. The van der Waals surface area contributed by atoms with E-state index in [4.69, 9.17) is 9.47 Å². The van der Waals surface area contributed by atoms with E-state index in [0.717, 1.165) is 31.4 Å². The molecular formula is C15H23NO2. The maximum absolute atomic E-state index is 5.60. The molecule has 0 heterocycles. The monoisotopic (exact) mass is 249 g/mol. The van der Waals surface area contributed by atoms with E-state index >= 15 is 0 Å². The van der Waals surface area contributed by atoms with Crippen molar-refractivity contribution in [2.24, 2.45) is 5.92 Å². The average molecular weight is 249 g/mol. The molecule has 0 saturated heterocycles. The number of methoxy groups -OCH3 is 1. The van der Waals surface area contributed by atoms with E-state index in [1.54, 1.807) is 7.11 Å². The second-order valence-corrected chi connectivity index (χ2v) is 4.97. The van der Waals surface area contributed by atoms with Crippen molar-refractivity contribution in [1.82, 2.24) is 5.32 Å². The van der Waals surface area contributed by atoms with E-state index in [0.29, 0.717) is 6.04 Å². The molecule has 0 spiro atoms. The van der Waals surface area contributed by atoms with Gasteiger partial charge >= 0.3 is 0 Å². The van der Waals surface area contributed by atoms with Gasteiger partial charge in [-0.1, -0.05) is 12.1 Å². The molecule has 0 aliphatic heterocycles. The molecule has 1 aliphatic rings. The van der Waals surface area contributed by atoms with E-state index in [1.165, 1.54) is 18.4 Å². The predicted octanol–water partition coefficient (Wildman–Crippen LogP) is 2.77. The Labute approximate surface area is 109 Å². The molecule has 0 amide bonds. The molecule has 1 N–H and O–H groups in total. The van der Waals surface area contributed by atoms with Gasteiger partial charge in [0.2, 0.25) is 0 Å². The van der Waals surface area contributed by atoms with E-state index in [2.05, 4.69) is 24.4 Å². The first-order valence-electron chi connectivity index (χ1n) is 6.74. The molecule has 1 aromatic carbocycles. The molecule has 1 aliphatic carbocycles. The van der Waals surface area contributed by atoms with Gasteiger partial charge in [-0.25, -0.2) is 0 Å². The maximum Gasteiger partial charge on any atom is 0.118 e. The number of hydrogen-bond acceptors (Lipinski definition) is 3. The Morgan fingerprint density at radius 3 is 2.61 bits per heavy atom. The van der Waals surface area contributed by atoms with Gasteiger partial charge in [0.05, 0.1) is 13.7 Å². The van der Waals surface area contributed by atoms with Crippen LogP contribution in [-0.4, -0.2) is 26.9 Å². The largest absolute Gasteiger partial charge is 0.497 e. The SMILES string of the molecule is COc1ccc(C(C)NCCOCC2CC2)cc1. The van der Waals surface area contributed by atoms with Gasteiger partial charge in [-0.2, -0.15) is 0 Å². The van der Waals surface area contributed by atoms with Crippen LogP contribution in [0.1, 0.15) is 31.4 Å². The fraction of sp³-hybridized carbons (Fsp3) is 0.600. The molecule has 0 aromatic heterocycles. The average Bonchev–Trinajstić information content (AvgIpc) is 3.22. The molecule has 1 aromatic rings. The highest BCUT2D eigenvalue weighted by molar-refractivity contribution is 5.28. The van der Waals surface area contributed by atoms with Gasteiger partial charge in [0.1, 0.15) is 5.75 Å². The lowest BCUT2D eigenvalue weighted by molar-refractivity contribution is 0.124. The minimum atomic E-state index is 0.348. The van der Waals surface area contributed by atoms with Gasteiger partial charge in [0, 0.05) is 19.2 Å². The molecule has 18 heavy (non-hydrogen) atoms. The van der Waals surface area contributed by atoms with Crippen LogP contribution in [0.5, 0.6) is 5.75 Å². The number of nitrogens with one attached hydrogen (secondary N) is 1. The summed E-state index contributed by atoms with van der Waals surface area (Å²) in [5, 5.41) is 3.46. The molecule has 1 atom stereocenters. The van der Waals surface area contributed by atoms with Crippen LogP contribution in [0.4, 0.5) is 0 Å². The Hall–Kier alpha value is -1.06. The Balaban J connectivity index is 1.64. The molecule has 1 saturated carbocycles. The van der Waals surface area contributed by atoms with Crippen molar-refractivity contribution in [1.29, 1.82) is 0 Å². The molecule has 0 radical (unpaired) electrons. The highest BCUT2D eigenvalue weighted by Gasteiger charge is 2.20. The topological polar surface area (TPSA) is 30.5 Å². The lowest BCUT2D eigenvalue weighted by atomic mass is 10.1. The molecule has 3 heteroatoms. The van der Waals surface area contributed by atoms with Crippen LogP contribution >= 0.6 is 0 Å². The Morgan fingerprint density at radius 2 is 2.00 bits per heavy atom.